The number of anilines is 1. The Morgan fingerprint density at radius 3 is 1.59 bits per heavy atom. The van der Waals surface area contributed by atoms with Gasteiger partial charge in [0, 0.05) is 10.0 Å². The third-order valence-electron chi connectivity index (χ3n) is 2.08. The van der Waals surface area contributed by atoms with Gasteiger partial charge in [0.2, 0.25) is 0 Å². The Morgan fingerprint density at radius 1 is 0.765 bits per heavy atom. The molecule has 0 fully saturated rings. The Morgan fingerprint density at radius 2 is 1.18 bits per heavy atom. The van der Waals surface area contributed by atoms with Crippen LogP contribution >= 0.6 is 46.4 Å². The van der Waals surface area contributed by atoms with Crippen molar-refractivity contribution in [3.63, 3.8) is 0 Å². The van der Waals surface area contributed by atoms with Gasteiger partial charge in [-0.1, -0.05) is 46.4 Å². The molecule has 7 heteroatoms. The predicted octanol–water partition coefficient (Wildman–Crippen LogP) is 3.56. The summed E-state index contributed by atoms with van der Waals surface area (Å²) in [6.07, 6.45) is 0. The van der Waals surface area contributed by atoms with Crippen LogP contribution in [0.3, 0.4) is 0 Å². The average Bonchev–Trinajstić information content (AvgIpc) is 2.42. The fourth-order valence-electron chi connectivity index (χ4n) is 1.38. The van der Waals surface area contributed by atoms with Crippen molar-refractivity contribution in [1.82, 2.24) is 0 Å². The summed E-state index contributed by atoms with van der Waals surface area (Å²) in [6.45, 7) is 0. The third-order valence-corrected chi connectivity index (χ3v) is 3.31. The Balaban J connectivity index is 2.50. The number of rotatable bonds is 1. The summed E-state index contributed by atoms with van der Waals surface area (Å²) in [5, 5.41) is -0.0278. The second-order valence-electron chi connectivity index (χ2n) is 3.20. The topological polar surface area (TPSA) is 37.4 Å². The van der Waals surface area contributed by atoms with Crippen molar-refractivity contribution in [2.24, 2.45) is 0 Å². The lowest BCUT2D eigenvalue weighted by atomic mass is 10.3. The molecule has 88 valence electrons. The van der Waals surface area contributed by atoms with Gasteiger partial charge in [-0.05, 0) is 18.2 Å². The first-order chi connectivity index (χ1) is 7.91. The van der Waals surface area contributed by atoms with E-state index in [-0.39, 0.29) is 15.8 Å². The summed E-state index contributed by atoms with van der Waals surface area (Å²) >= 11 is 22.8. The first kappa shape index (κ1) is 12.7. The summed E-state index contributed by atoms with van der Waals surface area (Å²) in [4.78, 5) is 24.2. The molecule has 3 nitrogen and oxygen atoms in total. The van der Waals surface area contributed by atoms with Gasteiger partial charge in [-0.2, -0.15) is 0 Å². The van der Waals surface area contributed by atoms with Crippen LogP contribution in [-0.2, 0) is 9.59 Å². The molecule has 0 N–H and O–H groups in total. The quantitative estimate of drug-likeness (QED) is 0.744. The zero-order valence-electron chi connectivity index (χ0n) is 8.01. The molecule has 0 saturated heterocycles. The molecule has 1 heterocycles. The van der Waals surface area contributed by atoms with Crippen LogP contribution in [0.5, 0.6) is 0 Å². The summed E-state index contributed by atoms with van der Waals surface area (Å²) in [6, 6.07) is 4.32. The molecule has 1 aliphatic rings. The van der Waals surface area contributed by atoms with Crippen LogP contribution in [0, 0.1) is 0 Å². The highest BCUT2D eigenvalue weighted by Crippen LogP contribution is 2.33. The van der Waals surface area contributed by atoms with E-state index in [1.807, 2.05) is 0 Å². The lowest BCUT2D eigenvalue weighted by Gasteiger charge is -2.14. The molecule has 0 atom stereocenters. The van der Waals surface area contributed by atoms with Crippen molar-refractivity contribution in [2.45, 2.75) is 0 Å². The number of amides is 2. The summed E-state index contributed by atoms with van der Waals surface area (Å²) in [7, 11) is 0. The lowest BCUT2D eigenvalue weighted by molar-refractivity contribution is -0.120. The molecule has 0 aliphatic carbocycles. The highest BCUT2D eigenvalue weighted by molar-refractivity contribution is 6.62. The number of halogens is 4. The second-order valence-corrected chi connectivity index (χ2v) is 4.83. The molecule has 0 saturated carbocycles. The van der Waals surface area contributed by atoms with Gasteiger partial charge >= 0.3 is 0 Å². The van der Waals surface area contributed by atoms with Crippen molar-refractivity contribution < 1.29 is 9.59 Å². The molecule has 0 bridgehead atoms. The second kappa shape index (κ2) is 4.50. The number of hydrogen-bond donors (Lipinski definition) is 0. The van der Waals surface area contributed by atoms with Crippen molar-refractivity contribution in [1.29, 1.82) is 0 Å². The van der Waals surface area contributed by atoms with Crippen LogP contribution in [0.4, 0.5) is 5.69 Å². The largest absolute Gasteiger partial charge is 0.278 e. The molecule has 0 aromatic heterocycles. The Bertz CT molecular complexity index is 523. The van der Waals surface area contributed by atoms with E-state index < -0.39 is 11.8 Å². The van der Waals surface area contributed by atoms with E-state index in [0.29, 0.717) is 10.0 Å². The van der Waals surface area contributed by atoms with E-state index in [1.54, 1.807) is 0 Å². The molecule has 0 radical (unpaired) electrons. The number of benzene rings is 1. The molecule has 0 spiro atoms. The fraction of sp³-hybridized carbons (Fsp3) is 0. The normalized spacial score (nSPS) is 16.1. The van der Waals surface area contributed by atoms with Gasteiger partial charge in [0.1, 0.15) is 10.1 Å². The van der Waals surface area contributed by atoms with Crippen LogP contribution in [0.25, 0.3) is 0 Å². The number of nitrogens with zero attached hydrogens (tertiary/aromatic N) is 1. The maximum Gasteiger partial charge on any atom is 0.278 e. The molecule has 0 unspecified atom stereocenters. The van der Waals surface area contributed by atoms with Gasteiger partial charge in [0.25, 0.3) is 11.8 Å². The van der Waals surface area contributed by atoms with Crippen LogP contribution in [0.15, 0.2) is 28.3 Å². The molecular weight excluding hydrogens is 308 g/mol. The van der Waals surface area contributed by atoms with Crippen LogP contribution in [0.1, 0.15) is 0 Å². The SMILES string of the molecule is O=C1C(Cl)=C(Cl)C(=O)N1c1cc(Cl)cc(Cl)c1. The van der Waals surface area contributed by atoms with E-state index in [0.717, 1.165) is 4.90 Å². The summed E-state index contributed by atoms with van der Waals surface area (Å²) < 4.78 is 0. The lowest BCUT2D eigenvalue weighted by Crippen LogP contribution is -2.30. The molecule has 17 heavy (non-hydrogen) atoms. The third kappa shape index (κ3) is 2.16. The van der Waals surface area contributed by atoms with Gasteiger partial charge in [0.05, 0.1) is 5.69 Å². The first-order valence-electron chi connectivity index (χ1n) is 4.32. The highest BCUT2D eigenvalue weighted by atomic mass is 35.5. The minimum Gasteiger partial charge on any atom is -0.267 e. The molecule has 2 amide bonds. The van der Waals surface area contributed by atoms with Crippen molar-refractivity contribution in [3.05, 3.63) is 38.3 Å². The first-order valence-corrected chi connectivity index (χ1v) is 5.83. The van der Waals surface area contributed by atoms with E-state index in [4.69, 9.17) is 46.4 Å². The van der Waals surface area contributed by atoms with Crippen LogP contribution in [0.2, 0.25) is 10.0 Å². The Kier molecular flexibility index (Phi) is 3.36. The maximum absolute atomic E-state index is 11.7. The summed E-state index contributed by atoms with van der Waals surface area (Å²) in [5.41, 5.74) is 0.228. The minimum absolute atomic E-state index is 0.228. The standard InChI is InChI=1S/C10H3Cl4NO2/c11-4-1-5(12)3-6(2-4)15-9(16)7(13)8(14)10(15)17/h1-3H. The van der Waals surface area contributed by atoms with Gasteiger partial charge in [-0.15, -0.1) is 0 Å². The molecule has 1 aromatic rings. The van der Waals surface area contributed by atoms with E-state index >= 15 is 0 Å². The number of carbonyl (C=O) groups is 2. The summed E-state index contributed by atoms with van der Waals surface area (Å²) in [5.74, 6) is -1.39. The fourth-order valence-corrected chi connectivity index (χ4v) is 2.22. The molecule has 2 rings (SSSR count). The predicted molar refractivity (Wildman–Crippen MR) is 67.7 cm³/mol. The van der Waals surface area contributed by atoms with Gasteiger partial charge in [-0.3, -0.25) is 9.59 Å². The monoisotopic (exact) mass is 309 g/mol. The zero-order valence-corrected chi connectivity index (χ0v) is 11.0. The van der Waals surface area contributed by atoms with Gasteiger partial charge < -0.3 is 0 Å². The van der Waals surface area contributed by atoms with Gasteiger partial charge in [-0.25, -0.2) is 4.90 Å². The average molecular weight is 311 g/mol. The van der Waals surface area contributed by atoms with Gasteiger partial charge in [0.15, 0.2) is 0 Å². The molecule has 1 aliphatic heterocycles. The van der Waals surface area contributed by atoms with Crippen LogP contribution < -0.4 is 4.90 Å². The Hall–Kier alpha value is -0.740. The highest BCUT2D eigenvalue weighted by Gasteiger charge is 2.37. The molecular formula is C10H3Cl4NO2. The van der Waals surface area contributed by atoms with Crippen molar-refractivity contribution in [3.8, 4) is 0 Å². The van der Waals surface area contributed by atoms with Crippen molar-refractivity contribution in [2.75, 3.05) is 4.90 Å². The minimum atomic E-state index is -0.694. The van der Waals surface area contributed by atoms with E-state index in [9.17, 15) is 9.59 Å². The molecule has 1 aromatic carbocycles. The Labute approximate surface area is 116 Å². The number of carbonyl (C=O) groups excluding carboxylic acids is 2. The van der Waals surface area contributed by atoms with E-state index in [2.05, 4.69) is 0 Å². The number of imide groups is 1. The zero-order chi connectivity index (χ0) is 12.7. The van der Waals surface area contributed by atoms with Crippen LogP contribution in [-0.4, -0.2) is 11.8 Å². The smallest absolute Gasteiger partial charge is 0.267 e. The maximum atomic E-state index is 11.7. The number of hydrogen-bond acceptors (Lipinski definition) is 2. The van der Waals surface area contributed by atoms with Crippen molar-refractivity contribution >= 4 is 63.9 Å². The van der Waals surface area contributed by atoms with E-state index in [1.165, 1.54) is 18.2 Å².